The Balaban J connectivity index is 2.27. The summed E-state index contributed by atoms with van der Waals surface area (Å²) in [7, 11) is 0. The van der Waals surface area contributed by atoms with Gasteiger partial charge in [-0.1, -0.05) is 12.1 Å². The number of nitrogens with one attached hydrogen (secondary N) is 1. The molecule has 1 N–H and O–H groups in total. The minimum Gasteiger partial charge on any atom is -0.277 e. The molecule has 6 heteroatoms. The van der Waals surface area contributed by atoms with E-state index in [9.17, 15) is 14.5 Å². The zero-order chi connectivity index (χ0) is 13.4. The Morgan fingerprint density at radius 3 is 2.74 bits per heavy atom. The second kappa shape index (κ2) is 4.16. The van der Waals surface area contributed by atoms with Crippen LogP contribution in [0.4, 0.5) is 10.1 Å². The topological polar surface area (TPSA) is 71.8 Å². The number of nitrogens with zero attached hydrogens (tertiary/aromatic N) is 2. The van der Waals surface area contributed by atoms with Crippen molar-refractivity contribution in [2.24, 2.45) is 0 Å². The zero-order valence-corrected chi connectivity index (χ0v) is 9.63. The minimum atomic E-state index is -0.489. The first-order valence-electron chi connectivity index (χ1n) is 5.54. The largest absolute Gasteiger partial charge is 0.277 e. The van der Waals surface area contributed by atoms with Crippen molar-refractivity contribution in [2.75, 3.05) is 0 Å². The number of hydrogen-bond donors (Lipinski definition) is 1. The molecule has 0 atom stereocenters. The second-order valence-corrected chi connectivity index (χ2v) is 4.04. The maximum absolute atomic E-state index is 13.8. The molecule has 2 aromatic carbocycles. The fraction of sp³-hybridized carbons (Fsp3) is 0. The third-order valence-corrected chi connectivity index (χ3v) is 2.89. The first-order valence-corrected chi connectivity index (χ1v) is 5.54. The van der Waals surface area contributed by atoms with Gasteiger partial charge in [0.2, 0.25) is 0 Å². The summed E-state index contributed by atoms with van der Waals surface area (Å²) in [4.78, 5) is 10.3. The van der Waals surface area contributed by atoms with Crippen molar-refractivity contribution in [1.29, 1.82) is 0 Å². The summed E-state index contributed by atoms with van der Waals surface area (Å²) < 4.78 is 13.8. The first-order chi connectivity index (χ1) is 9.16. The number of aromatic amines is 1. The van der Waals surface area contributed by atoms with Crippen LogP contribution < -0.4 is 0 Å². The van der Waals surface area contributed by atoms with Crippen LogP contribution >= 0.6 is 0 Å². The predicted molar refractivity (Wildman–Crippen MR) is 68.1 cm³/mol. The summed E-state index contributed by atoms with van der Waals surface area (Å²) in [6.07, 6.45) is 0. The van der Waals surface area contributed by atoms with Crippen molar-refractivity contribution < 1.29 is 9.31 Å². The number of fused-ring (bicyclic) bond motifs is 1. The SMILES string of the molecule is O=[N+]([O-])c1ccc2[nH]nc(-c3ccccc3F)c2c1. The van der Waals surface area contributed by atoms with Crippen molar-refractivity contribution >= 4 is 16.6 Å². The quantitative estimate of drug-likeness (QED) is 0.565. The second-order valence-electron chi connectivity index (χ2n) is 4.04. The molecule has 3 aromatic rings. The van der Waals surface area contributed by atoms with Crippen molar-refractivity contribution in [3.05, 3.63) is 58.4 Å². The molecule has 0 saturated carbocycles. The lowest BCUT2D eigenvalue weighted by Gasteiger charge is -1.99. The Morgan fingerprint density at radius 1 is 1.21 bits per heavy atom. The van der Waals surface area contributed by atoms with E-state index in [-0.39, 0.29) is 5.69 Å². The highest BCUT2D eigenvalue weighted by molar-refractivity contribution is 5.94. The van der Waals surface area contributed by atoms with E-state index in [0.29, 0.717) is 22.2 Å². The van der Waals surface area contributed by atoms with Gasteiger partial charge >= 0.3 is 0 Å². The first kappa shape index (κ1) is 11.3. The number of rotatable bonds is 2. The van der Waals surface area contributed by atoms with Crippen LogP contribution in [0.15, 0.2) is 42.5 Å². The van der Waals surface area contributed by atoms with Crippen molar-refractivity contribution in [3.63, 3.8) is 0 Å². The van der Waals surface area contributed by atoms with Crippen LogP contribution in [-0.2, 0) is 0 Å². The molecule has 0 bridgehead atoms. The van der Waals surface area contributed by atoms with Gasteiger partial charge in [-0.05, 0) is 18.2 Å². The molecule has 0 saturated heterocycles. The lowest BCUT2D eigenvalue weighted by Crippen LogP contribution is -1.88. The van der Waals surface area contributed by atoms with Crippen LogP contribution in [0.3, 0.4) is 0 Å². The molecule has 5 nitrogen and oxygen atoms in total. The molecule has 0 aliphatic carbocycles. The van der Waals surface area contributed by atoms with Crippen LogP contribution in [-0.4, -0.2) is 15.1 Å². The summed E-state index contributed by atoms with van der Waals surface area (Å²) in [5.74, 6) is -0.414. The van der Waals surface area contributed by atoms with Gasteiger partial charge in [0.15, 0.2) is 0 Å². The van der Waals surface area contributed by atoms with Gasteiger partial charge in [0.1, 0.15) is 11.5 Å². The molecule has 0 amide bonds. The van der Waals surface area contributed by atoms with Gasteiger partial charge < -0.3 is 0 Å². The Morgan fingerprint density at radius 2 is 2.00 bits per heavy atom. The normalized spacial score (nSPS) is 10.8. The van der Waals surface area contributed by atoms with E-state index >= 15 is 0 Å². The van der Waals surface area contributed by atoms with E-state index in [1.807, 2.05) is 0 Å². The number of nitro groups is 1. The number of hydrogen-bond acceptors (Lipinski definition) is 3. The average molecular weight is 257 g/mol. The van der Waals surface area contributed by atoms with Crippen molar-refractivity contribution in [1.82, 2.24) is 10.2 Å². The highest BCUT2D eigenvalue weighted by Crippen LogP contribution is 2.30. The molecule has 3 rings (SSSR count). The predicted octanol–water partition coefficient (Wildman–Crippen LogP) is 3.28. The molecule has 1 aromatic heterocycles. The molecule has 19 heavy (non-hydrogen) atoms. The monoisotopic (exact) mass is 257 g/mol. The van der Waals surface area contributed by atoms with E-state index in [1.54, 1.807) is 24.3 Å². The zero-order valence-electron chi connectivity index (χ0n) is 9.63. The number of non-ortho nitro benzene ring substituents is 1. The molecule has 0 radical (unpaired) electrons. The maximum atomic E-state index is 13.8. The average Bonchev–Trinajstić information content (AvgIpc) is 2.82. The molecule has 0 aliphatic rings. The Hall–Kier alpha value is -2.76. The van der Waals surface area contributed by atoms with Gasteiger partial charge in [-0.15, -0.1) is 0 Å². The lowest BCUT2D eigenvalue weighted by atomic mass is 10.1. The summed E-state index contributed by atoms with van der Waals surface area (Å²) in [6.45, 7) is 0. The number of nitro benzene ring substituents is 1. The van der Waals surface area contributed by atoms with Gasteiger partial charge in [-0.3, -0.25) is 15.2 Å². The van der Waals surface area contributed by atoms with Gasteiger partial charge in [0.05, 0.1) is 10.4 Å². The van der Waals surface area contributed by atoms with Crippen LogP contribution in [0, 0.1) is 15.9 Å². The Labute approximate surface area is 106 Å². The van der Waals surface area contributed by atoms with Gasteiger partial charge in [0, 0.05) is 23.1 Å². The number of H-pyrrole nitrogens is 1. The molecule has 1 heterocycles. The highest BCUT2D eigenvalue weighted by atomic mass is 19.1. The molecule has 0 spiro atoms. The highest BCUT2D eigenvalue weighted by Gasteiger charge is 2.15. The molecular formula is C13H8FN3O2. The Bertz CT molecular complexity index is 782. The third-order valence-electron chi connectivity index (χ3n) is 2.89. The van der Waals surface area contributed by atoms with E-state index in [2.05, 4.69) is 10.2 Å². The smallest absolute Gasteiger partial charge is 0.270 e. The fourth-order valence-corrected chi connectivity index (χ4v) is 1.97. The number of benzene rings is 2. The standard InChI is InChI=1S/C13H8FN3O2/c14-11-4-2-1-3-9(11)13-10-7-8(17(18)19)5-6-12(10)15-16-13/h1-7H,(H,15,16). The van der Waals surface area contributed by atoms with Crippen LogP contribution in [0.5, 0.6) is 0 Å². The van der Waals surface area contributed by atoms with Gasteiger partial charge in [-0.2, -0.15) is 5.10 Å². The van der Waals surface area contributed by atoms with E-state index < -0.39 is 10.7 Å². The van der Waals surface area contributed by atoms with Crippen molar-refractivity contribution in [3.8, 4) is 11.3 Å². The summed E-state index contributed by atoms with van der Waals surface area (Å²) in [5.41, 5.74) is 1.27. The van der Waals surface area contributed by atoms with Gasteiger partial charge in [-0.25, -0.2) is 4.39 Å². The third kappa shape index (κ3) is 1.83. The van der Waals surface area contributed by atoms with Gasteiger partial charge in [0.25, 0.3) is 5.69 Å². The lowest BCUT2D eigenvalue weighted by molar-refractivity contribution is -0.384. The number of halogens is 1. The van der Waals surface area contributed by atoms with E-state index in [0.717, 1.165) is 0 Å². The minimum absolute atomic E-state index is 0.0495. The fourth-order valence-electron chi connectivity index (χ4n) is 1.97. The molecule has 94 valence electrons. The van der Waals surface area contributed by atoms with E-state index in [4.69, 9.17) is 0 Å². The summed E-state index contributed by atoms with van der Waals surface area (Å²) in [6, 6.07) is 10.5. The van der Waals surface area contributed by atoms with Crippen LogP contribution in [0.25, 0.3) is 22.2 Å². The Kier molecular flexibility index (Phi) is 2.49. The summed E-state index contributed by atoms with van der Waals surface area (Å²) >= 11 is 0. The van der Waals surface area contributed by atoms with Crippen LogP contribution in [0.1, 0.15) is 0 Å². The maximum Gasteiger partial charge on any atom is 0.270 e. The molecule has 0 unspecified atom stereocenters. The number of aromatic nitrogens is 2. The van der Waals surface area contributed by atoms with Crippen molar-refractivity contribution in [2.45, 2.75) is 0 Å². The molecule has 0 aliphatic heterocycles. The molecule has 0 fully saturated rings. The van der Waals surface area contributed by atoms with Crippen LogP contribution in [0.2, 0.25) is 0 Å². The van der Waals surface area contributed by atoms with E-state index in [1.165, 1.54) is 18.2 Å². The molecular weight excluding hydrogens is 249 g/mol. The summed E-state index contributed by atoms with van der Waals surface area (Å²) in [5, 5.41) is 18.1.